The van der Waals surface area contributed by atoms with Gasteiger partial charge in [0.2, 0.25) is 5.91 Å². The molecule has 2 unspecified atom stereocenters. The summed E-state index contributed by atoms with van der Waals surface area (Å²) in [5.41, 5.74) is 2.99. The van der Waals surface area contributed by atoms with E-state index in [1.165, 1.54) is 57.3 Å². The van der Waals surface area contributed by atoms with Crippen LogP contribution < -0.4 is 5.32 Å². The van der Waals surface area contributed by atoms with Crippen LogP contribution in [0.15, 0.2) is 18.2 Å². The molecule has 0 aliphatic carbocycles. The maximum Gasteiger partial charge on any atom is 0.221 e. The van der Waals surface area contributed by atoms with Gasteiger partial charge in [0.15, 0.2) is 0 Å². The fraction of sp³-hybridized carbons (Fsp3) is 0.636. The van der Waals surface area contributed by atoms with Gasteiger partial charge in [-0.05, 0) is 62.9 Å². The molecular formula is C22H31N5O. The highest BCUT2D eigenvalue weighted by Crippen LogP contribution is 2.32. The van der Waals surface area contributed by atoms with Crippen LogP contribution in [0.3, 0.4) is 0 Å². The van der Waals surface area contributed by atoms with Crippen LogP contribution in [-0.2, 0) is 17.9 Å². The van der Waals surface area contributed by atoms with E-state index in [9.17, 15) is 4.79 Å². The average Bonchev–Trinajstić information content (AvgIpc) is 3.04. The summed E-state index contributed by atoms with van der Waals surface area (Å²) in [4.78, 5) is 21.6. The summed E-state index contributed by atoms with van der Waals surface area (Å²) >= 11 is 0. The Morgan fingerprint density at radius 3 is 2.93 bits per heavy atom. The van der Waals surface area contributed by atoms with E-state index >= 15 is 0 Å². The fourth-order valence-electron chi connectivity index (χ4n) is 5.63. The predicted molar refractivity (Wildman–Crippen MR) is 111 cm³/mol. The summed E-state index contributed by atoms with van der Waals surface area (Å²) in [5.74, 6) is 1.94. The first-order valence-corrected chi connectivity index (χ1v) is 10.9. The van der Waals surface area contributed by atoms with Gasteiger partial charge in [0, 0.05) is 38.3 Å². The predicted octanol–water partition coefficient (Wildman–Crippen LogP) is 3.07. The number of amides is 1. The molecule has 2 aromatic rings. The molecule has 1 amide bonds. The highest BCUT2D eigenvalue weighted by molar-refractivity contribution is 5.91. The van der Waals surface area contributed by atoms with E-state index < -0.39 is 0 Å². The number of carbonyl (C=O) groups is 1. The zero-order valence-electron chi connectivity index (χ0n) is 16.9. The Morgan fingerprint density at radius 1 is 1.14 bits per heavy atom. The average molecular weight is 382 g/mol. The summed E-state index contributed by atoms with van der Waals surface area (Å²) in [6.07, 6.45) is 6.93. The van der Waals surface area contributed by atoms with E-state index in [4.69, 9.17) is 4.98 Å². The first kappa shape index (κ1) is 18.1. The summed E-state index contributed by atoms with van der Waals surface area (Å²) in [6.45, 7) is 8.43. The lowest BCUT2D eigenvalue weighted by Crippen LogP contribution is -2.51. The molecule has 1 aromatic heterocycles. The molecule has 3 aliphatic rings. The van der Waals surface area contributed by atoms with Crippen LogP contribution in [0.4, 0.5) is 5.69 Å². The molecule has 4 heterocycles. The number of nitrogens with one attached hydrogen (secondary N) is 1. The lowest BCUT2D eigenvalue weighted by atomic mass is 9.83. The van der Waals surface area contributed by atoms with Gasteiger partial charge in [-0.1, -0.05) is 6.42 Å². The fourth-order valence-corrected chi connectivity index (χ4v) is 5.63. The minimum Gasteiger partial charge on any atom is -0.326 e. The van der Waals surface area contributed by atoms with Crippen LogP contribution in [0.1, 0.15) is 44.9 Å². The van der Waals surface area contributed by atoms with Gasteiger partial charge in [-0.3, -0.25) is 9.69 Å². The lowest BCUT2D eigenvalue weighted by molar-refractivity contribution is -0.114. The maximum absolute atomic E-state index is 11.3. The van der Waals surface area contributed by atoms with Crippen molar-refractivity contribution < 1.29 is 4.79 Å². The number of hydrogen-bond donors (Lipinski definition) is 1. The van der Waals surface area contributed by atoms with Crippen molar-refractivity contribution in [3.8, 4) is 0 Å². The second-order valence-corrected chi connectivity index (χ2v) is 8.80. The highest BCUT2D eigenvalue weighted by Gasteiger charge is 2.34. The molecular weight excluding hydrogens is 350 g/mol. The molecule has 28 heavy (non-hydrogen) atoms. The van der Waals surface area contributed by atoms with Gasteiger partial charge in [-0.15, -0.1) is 0 Å². The Balaban J connectivity index is 1.31. The van der Waals surface area contributed by atoms with Crippen molar-refractivity contribution in [1.82, 2.24) is 19.4 Å². The van der Waals surface area contributed by atoms with Gasteiger partial charge in [-0.2, -0.15) is 0 Å². The van der Waals surface area contributed by atoms with Crippen LogP contribution >= 0.6 is 0 Å². The molecule has 1 aromatic carbocycles. The Bertz CT molecular complexity index is 873. The largest absolute Gasteiger partial charge is 0.326 e. The monoisotopic (exact) mass is 381 g/mol. The normalized spacial score (nSPS) is 26.0. The number of piperidine rings is 2. The van der Waals surface area contributed by atoms with E-state index in [2.05, 4.69) is 25.8 Å². The second-order valence-electron chi connectivity index (χ2n) is 8.80. The van der Waals surface area contributed by atoms with Crippen LogP contribution in [0.25, 0.3) is 11.0 Å². The van der Waals surface area contributed by atoms with Crippen molar-refractivity contribution in [3.63, 3.8) is 0 Å². The Morgan fingerprint density at radius 2 is 2.04 bits per heavy atom. The number of nitrogens with zero attached hydrogens (tertiary/aromatic N) is 4. The van der Waals surface area contributed by atoms with E-state index in [0.717, 1.165) is 48.6 Å². The Labute approximate surface area is 166 Å². The summed E-state index contributed by atoms with van der Waals surface area (Å²) in [5, 5.41) is 2.86. The van der Waals surface area contributed by atoms with Crippen molar-refractivity contribution in [2.45, 2.75) is 58.2 Å². The van der Waals surface area contributed by atoms with E-state index in [1.54, 1.807) is 6.92 Å². The molecule has 1 N–H and O–H groups in total. The van der Waals surface area contributed by atoms with Crippen LogP contribution in [0.5, 0.6) is 0 Å². The molecule has 150 valence electrons. The van der Waals surface area contributed by atoms with E-state index in [1.807, 2.05) is 12.1 Å². The molecule has 0 saturated carbocycles. The number of benzene rings is 1. The Kier molecular flexibility index (Phi) is 4.85. The molecule has 0 bridgehead atoms. The molecule has 5 rings (SSSR count). The highest BCUT2D eigenvalue weighted by atomic mass is 16.1. The molecule has 2 fully saturated rings. The third-order valence-electron chi connectivity index (χ3n) is 6.87. The molecule has 2 saturated heterocycles. The van der Waals surface area contributed by atoms with E-state index in [-0.39, 0.29) is 5.91 Å². The van der Waals surface area contributed by atoms with Crippen LogP contribution in [-0.4, -0.2) is 57.5 Å². The number of anilines is 1. The van der Waals surface area contributed by atoms with Crippen molar-refractivity contribution in [1.29, 1.82) is 0 Å². The first-order chi connectivity index (χ1) is 13.7. The zero-order chi connectivity index (χ0) is 19.1. The zero-order valence-corrected chi connectivity index (χ0v) is 16.9. The molecule has 6 heteroatoms. The number of rotatable bonds is 3. The van der Waals surface area contributed by atoms with Crippen LogP contribution in [0, 0.1) is 5.92 Å². The molecule has 3 aliphatic heterocycles. The molecule has 6 nitrogen and oxygen atoms in total. The molecule has 0 radical (unpaired) electrons. The smallest absolute Gasteiger partial charge is 0.221 e. The van der Waals surface area contributed by atoms with Gasteiger partial charge < -0.3 is 14.8 Å². The third kappa shape index (κ3) is 3.44. The maximum atomic E-state index is 11.3. The quantitative estimate of drug-likeness (QED) is 0.888. The standard InChI is InChI=1S/C22H31N5O/c1-16(28)23-18-7-8-21-19(13-18)24-22-15-25(11-12-27(21)22)14-17-5-4-10-26-9-3-2-6-20(17)26/h7-8,13,17,20H,2-6,9-12,14-15H2,1H3,(H,23,28). The van der Waals surface area contributed by atoms with Crippen molar-refractivity contribution in [3.05, 3.63) is 24.0 Å². The van der Waals surface area contributed by atoms with Gasteiger partial charge in [0.25, 0.3) is 0 Å². The summed E-state index contributed by atoms with van der Waals surface area (Å²) in [7, 11) is 0. The van der Waals surface area contributed by atoms with Crippen molar-refractivity contribution in [2.24, 2.45) is 5.92 Å². The number of aromatic nitrogens is 2. The summed E-state index contributed by atoms with van der Waals surface area (Å²) < 4.78 is 2.36. The minimum absolute atomic E-state index is 0.0428. The molecule has 2 atom stereocenters. The number of hydrogen-bond acceptors (Lipinski definition) is 4. The Hall–Kier alpha value is -1.92. The first-order valence-electron chi connectivity index (χ1n) is 10.9. The minimum atomic E-state index is -0.0428. The second kappa shape index (κ2) is 7.48. The van der Waals surface area contributed by atoms with Gasteiger partial charge in [-0.25, -0.2) is 4.98 Å². The number of carbonyl (C=O) groups excluding carboxylic acids is 1. The SMILES string of the molecule is CC(=O)Nc1ccc2c(c1)nc1n2CCN(CC2CCCN3CCCCC23)C1. The third-order valence-corrected chi connectivity index (χ3v) is 6.87. The van der Waals surface area contributed by atoms with Gasteiger partial charge in [0.1, 0.15) is 5.82 Å². The van der Waals surface area contributed by atoms with Crippen molar-refractivity contribution >= 4 is 22.6 Å². The number of fused-ring (bicyclic) bond motifs is 4. The van der Waals surface area contributed by atoms with E-state index in [0.29, 0.717) is 0 Å². The van der Waals surface area contributed by atoms with Crippen molar-refractivity contribution in [2.75, 3.05) is 31.5 Å². The van der Waals surface area contributed by atoms with Gasteiger partial charge in [0.05, 0.1) is 17.6 Å². The summed E-state index contributed by atoms with van der Waals surface area (Å²) in [6, 6.07) is 6.87. The lowest BCUT2D eigenvalue weighted by Gasteiger charge is -2.46. The van der Waals surface area contributed by atoms with Gasteiger partial charge >= 0.3 is 0 Å². The number of imidazole rings is 1. The topological polar surface area (TPSA) is 53.4 Å². The van der Waals surface area contributed by atoms with Crippen LogP contribution in [0.2, 0.25) is 0 Å². The molecule has 0 spiro atoms.